The number of aromatic nitrogens is 2. The molecule has 0 amide bonds. The minimum absolute atomic E-state index is 0.144. The number of nitrogens with zero attached hydrogens (tertiary/aromatic N) is 2. The molecule has 0 aliphatic rings. The SMILES string of the molecule is CCc1c(/C=C/c2ccccc2)nc2sc(C(=O)O)c(C)n2c1=O. The van der Waals surface area contributed by atoms with Crippen LogP contribution in [0, 0.1) is 6.92 Å². The lowest BCUT2D eigenvalue weighted by molar-refractivity contribution is 0.0701. The van der Waals surface area contributed by atoms with Gasteiger partial charge in [-0.25, -0.2) is 9.78 Å². The first-order chi connectivity index (χ1) is 11.5. The molecule has 5 nitrogen and oxygen atoms in total. The van der Waals surface area contributed by atoms with Crippen molar-refractivity contribution in [3.63, 3.8) is 0 Å². The number of aromatic carboxylic acids is 1. The second kappa shape index (κ2) is 6.41. The first kappa shape index (κ1) is 16.1. The maximum Gasteiger partial charge on any atom is 0.347 e. The van der Waals surface area contributed by atoms with Gasteiger partial charge in [0, 0.05) is 5.56 Å². The summed E-state index contributed by atoms with van der Waals surface area (Å²) in [6.07, 6.45) is 4.24. The summed E-state index contributed by atoms with van der Waals surface area (Å²) in [7, 11) is 0. The third kappa shape index (κ3) is 2.76. The van der Waals surface area contributed by atoms with E-state index in [0.717, 1.165) is 16.9 Å². The molecule has 3 aromatic rings. The quantitative estimate of drug-likeness (QED) is 0.789. The summed E-state index contributed by atoms with van der Waals surface area (Å²) in [5.74, 6) is -1.04. The van der Waals surface area contributed by atoms with Crippen molar-refractivity contribution in [2.45, 2.75) is 20.3 Å². The summed E-state index contributed by atoms with van der Waals surface area (Å²) in [4.78, 5) is 29.1. The van der Waals surface area contributed by atoms with Gasteiger partial charge in [-0.1, -0.05) is 54.7 Å². The van der Waals surface area contributed by atoms with Gasteiger partial charge in [-0.3, -0.25) is 9.20 Å². The Morgan fingerprint density at radius 1 is 1.29 bits per heavy atom. The summed E-state index contributed by atoms with van der Waals surface area (Å²) in [5, 5.41) is 9.26. The Morgan fingerprint density at radius 3 is 2.62 bits per heavy atom. The summed E-state index contributed by atoms with van der Waals surface area (Å²) >= 11 is 1.02. The molecule has 0 saturated carbocycles. The number of carbonyl (C=O) groups is 1. The van der Waals surface area contributed by atoms with Gasteiger partial charge in [0.05, 0.1) is 11.4 Å². The monoisotopic (exact) mass is 340 g/mol. The van der Waals surface area contributed by atoms with Crippen molar-refractivity contribution >= 4 is 34.4 Å². The Balaban J connectivity index is 2.20. The van der Waals surface area contributed by atoms with E-state index in [2.05, 4.69) is 4.98 Å². The van der Waals surface area contributed by atoms with E-state index in [1.807, 2.05) is 49.4 Å². The number of hydrogen-bond donors (Lipinski definition) is 1. The largest absolute Gasteiger partial charge is 0.477 e. The molecule has 1 aromatic carbocycles. The van der Waals surface area contributed by atoms with Crippen LogP contribution < -0.4 is 5.56 Å². The third-order valence-electron chi connectivity index (χ3n) is 3.82. The van der Waals surface area contributed by atoms with Gasteiger partial charge in [-0.2, -0.15) is 0 Å². The van der Waals surface area contributed by atoms with Crippen molar-refractivity contribution in [1.82, 2.24) is 9.38 Å². The Bertz CT molecular complexity index is 1000. The topological polar surface area (TPSA) is 71.7 Å². The van der Waals surface area contributed by atoms with E-state index in [1.165, 1.54) is 4.40 Å². The molecular formula is C18H16N2O3S. The van der Waals surface area contributed by atoms with E-state index in [-0.39, 0.29) is 10.4 Å². The lowest BCUT2D eigenvalue weighted by Crippen LogP contribution is -2.21. The molecule has 6 heteroatoms. The molecular weight excluding hydrogens is 324 g/mol. The average molecular weight is 340 g/mol. The molecule has 0 aliphatic carbocycles. The molecule has 0 atom stereocenters. The molecule has 2 heterocycles. The minimum Gasteiger partial charge on any atom is -0.477 e. The Labute approximate surface area is 142 Å². The highest BCUT2D eigenvalue weighted by molar-refractivity contribution is 7.18. The highest BCUT2D eigenvalue weighted by Crippen LogP contribution is 2.22. The fraction of sp³-hybridized carbons (Fsp3) is 0.167. The maximum absolute atomic E-state index is 12.8. The van der Waals surface area contributed by atoms with Crippen LogP contribution in [0.2, 0.25) is 0 Å². The van der Waals surface area contributed by atoms with E-state index in [4.69, 9.17) is 0 Å². The highest BCUT2D eigenvalue weighted by Gasteiger charge is 2.19. The van der Waals surface area contributed by atoms with Crippen LogP contribution in [-0.4, -0.2) is 20.5 Å². The lowest BCUT2D eigenvalue weighted by atomic mass is 10.1. The number of carboxylic acid groups (broad SMARTS) is 1. The van der Waals surface area contributed by atoms with Crippen LogP contribution >= 0.6 is 11.3 Å². The molecule has 0 aliphatic heterocycles. The van der Waals surface area contributed by atoms with Crippen molar-refractivity contribution in [2.75, 3.05) is 0 Å². The van der Waals surface area contributed by atoms with E-state index in [1.54, 1.807) is 6.92 Å². The van der Waals surface area contributed by atoms with Crippen LogP contribution in [0.4, 0.5) is 0 Å². The zero-order valence-electron chi connectivity index (χ0n) is 13.3. The zero-order valence-corrected chi connectivity index (χ0v) is 14.1. The Morgan fingerprint density at radius 2 is 2.00 bits per heavy atom. The molecule has 24 heavy (non-hydrogen) atoms. The van der Waals surface area contributed by atoms with Gasteiger partial charge in [-0.15, -0.1) is 0 Å². The average Bonchev–Trinajstić information content (AvgIpc) is 2.91. The number of fused-ring (bicyclic) bond motifs is 1. The van der Waals surface area contributed by atoms with Crippen LogP contribution in [0.25, 0.3) is 17.1 Å². The van der Waals surface area contributed by atoms with Crippen LogP contribution in [0.15, 0.2) is 35.1 Å². The van der Waals surface area contributed by atoms with Crippen LogP contribution in [-0.2, 0) is 6.42 Å². The molecule has 0 unspecified atom stereocenters. The number of rotatable bonds is 4. The molecule has 0 spiro atoms. The van der Waals surface area contributed by atoms with Crippen molar-refractivity contribution in [3.8, 4) is 0 Å². The van der Waals surface area contributed by atoms with Crippen molar-refractivity contribution in [1.29, 1.82) is 0 Å². The maximum atomic E-state index is 12.8. The van der Waals surface area contributed by atoms with Crippen LogP contribution in [0.3, 0.4) is 0 Å². The number of carboxylic acids is 1. The van der Waals surface area contributed by atoms with E-state index < -0.39 is 5.97 Å². The molecule has 0 radical (unpaired) electrons. The lowest BCUT2D eigenvalue weighted by Gasteiger charge is -2.04. The number of thiazole rings is 1. The van der Waals surface area contributed by atoms with Crippen molar-refractivity contribution < 1.29 is 9.90 Å². The minimum atomic E-state index is -1.04. The van der Waals surface area contributed by atoms with Gasteiger partial charge < -0.3 is 5.11 Å². The third-order valence-corrected chi connectivity index (χ3v) is 4.95. The van der Waals surface area contributed by atoms with Gasteiger partial charge in [0.2, 0.25) is 0 Å². The molecule has 0 fully saturated rings. The van der Waals surface area contributed by atoms with Gasteiger partial charge >= 0.3 is 5.97 Å². The molecule has 2 aromatic heterocycles. The first-order valence-corrected chi connectivity index (χ1v) is 8.36. The summed E-state index contributed by atoms with van der Waals surface area (Å²) < 4.78 is 1.40. The highest BCUT2D eigenvalue weighted by atomic mass is 32.1. The number of aryl methyl sites for hydroxylation is 1. The summed E-state index contributed by atoms with van der Waals surface area (Å²) in [5.41, 5.74) is 2.40. The van der Waals surface area contributed by atoms with Crippen molar-refractivity contribution in [2.24, 2.45) is 0 Å². The number of benzene rings is 1. The van der Waals surface area contributed by atoms with E-state index in [9.17, 15) is 14.7 Å². The molecule has 0 saturated heterocycles. The summed E-state index contributed by atoms with van der Waals surface area (Å²) in [6.45, 7) is 3.53. The predicted octanol–water partition coefficient (Wildman–Crippen LogP) is 3.50. The molecule has 122 valence electrons. The second-order valence-corrected chi connectivity index (χ2v) is 6.30. The Hall–Kier alpha value is -2.73. The van der Waals surface area contributed by atoms with Crippen LogP contribution in [0.5, 0.6) is 0 Å². The fourth-order valence-electron chi connectivity index (χ4n) is 2.59. The fourth-order valence-corrected chi connectivity index (χ4v) is 3.55. The zero-order chi connectivity index (χ0) is 17.3. The Kier molecular flexibility index (Phi) is 4.31. The van der Waals surface area contributed by atoms with E-state index in [0.29, 0.717) is 28.3 Å². The first-order valence-electron chi connectivity index (χ1n) is 7.54. The molecule has 0 bridgehead atoms. The van der Waals surface area contributed by atoms with Crippen LogP contribution in [0.1, 0.15) is 39.1 Å². The smallest absolute Gasteiger partial charge is 0.347 e. The molecule has 3 rings (SSSR count). The summed E-state index contributed by atoms with van der Waals surface area (Å²) in [6, 6.07) is 9.74. The normalized spacial score (nSPS) is 11.4. The predicted molar refractivity (Wildman–Crippen MR) is 95.8 cm³/mol. The van der Waals surface area contributed by atoms with Crippen molar-refractivity contribution in [3.05, 3.63) is 68.1 Å². The van der Waals surface area contributed by atoms with Gasteiger partial charge in [0.25, 0.3) is 5.56 Å². The van der Waals surface area contributed by atoms with Gasteiger partial charge in [-0.05, 0) is 25.0 Å². The number of hydrogen-bond acceptors (Lipinski definition) is 4. The molecule has 1 N–H and O–H groups in total. The second-order valence-electron chi connectivity index (χ2n) is 5.32. The van der Waals surface area contributed by atoms with E-state index >= 15 is 0 Å². The van der Waals surface area contributed by atoms with Gasteiger partial charge in [0.1, 0.15) is 4.88 Å². The standard InChI is InChI=1S/C18H16N2O3S/c1-3-13-14(10-9-12-7-5-4-6-8-12)19-18-20(16(13)21)11(2)15(24-18)17(22)23/h4-10H,3H2,1-2H3,(H,22,23)/b10-9+. The van der Waals surface area contributed by atoms with Gasteiger partial charge in [0.15, 0.2) is 4.96 Å².